The first-order valence-electron chi connectivity index (χ1n) is 5.82. The summed E-state index contributed by atoms with van der Waals surface area (Å²) in [5.41, 5.74) is 8.06. The molecule has 2 rings (SSSR count). The number of sulfonamides is 1. The molecule has 1 aromatic carbocycles. The second-order valence-corrected chi connectivity index (χ2v) is 6.63. The van der Waals surface area contributed by atoms with E-state index in [4.69, 9.17) is 17.3 Å². The number of nitrogens with one attached hydrogen (secondary N) is 2. The standard InChI is InChI=1S/C12H15ClN4O2S/c1-6-8(3)15-16-12(6)17-20(18,19)11-5-9(13)4-10(14)7(11)2/h4-5H,14H2,1-3H3,(H2,15,16,17). The zero-order valence-corrected chi connectivity index (χ0v) is 12.9. The Labute approximate surface area is 122 Å². The predicted octanol–water partition coefficient (Wildman–Crippen LogP) is 2.37. The van der Waals surface area contributed by atoms with Crippen molar-refractivity contribution in [2.45, 2.75) is 25.7 Å². The fourth-order valence-electron chi connectivity index (χ4n) is 1.72. The third-order valence-electron chi connectivity index (χ3n) is 3.14. The Morgan fingerprint density at radius 1 is 1.25 bits per heavy atom. The summed E-state index contributed by atoms with van der Waals surface area (Å²) in [6.45, 7) is 5.21. The quantitative estimate of drug-likeness (QED) is 0.757. The minimum atomic E-state index is -3.80. The van der Waals surface area contributed by atoms with Gasteiger partial charge in [0.1, 0.15) is 0 Å². The lowest BCUT2D eigenvalue weighted by atomic mass is 10.2. The summed E-state index contributed by atoms with van der Waals surface area (Å²) in [4.78, 5) is 0.0440. The van der Waals surface area contributed by atoms with E-state index in [-0.39, 0.29) is 15.7 Å². The Balaban J connectivity index is 2.49. The average Bonchev–Trinajstić information content (AvgIpc) is 2.65. The van der Waals surface area contributed by atoms with E-state index in [2.05, 4.69) is 14.9 Å². The van der Waals surface area contributed by atoms with Gasteiger partial charge in [-0.25, -0.2) is 8.42 Å². The van der Waals surface area contributed by atoms with Gasteiger partial charge < -0.3 is 5.73 Å². The van der Waals surface area contributed by atoms with Gasteiger partial charge in [0.05, 0.1) is 4.90 Å². The van der Waals surface area contributed by atoms with Gasteiger partial charge >= 0.3 is 0 Å². The summed E-state index contributed by atoms with van der Waals surface area (Å²) in [6.07, 6.45) is 0. The number of nitrogens with two attached hydrogens (primary N) is 1. The van der Waals surface area contributed by atoms with Crippen molar-refractivity contribution in [2.75, 3.05) is 10.5 Å². The third kappa shape index (κ3) is 2.59. The number of H-pyrrole nitrogens is 1. The van der Waals surface area contributed by atoms with E-state index >= 15 is 0 Å². The van der Waals surface area contributed by atoms with Crippen LogP contribution >= 0.6 is 11.6 Å². The molecule has 8 heteroatoms. The Morgan fingerprint density at radius 2 is 1.90 bits per heavy atom. The first kappa shape index (κ1) is 14.7. The zero-order chi connectivity index (χ0) is 15.1. The molecule has 0 aliphatic carbocycles. The summed E-state index contributed by atoms with van der Waals surface area (Å²) in [5.74, 6) is 0.264. The van der Waals surface area contributed by atoms with Crippen molar-refractivity contribution in [2.24, 2.45) is 0 Å². The van der Waals surface area contributed by atoms with Crippen LogP contribution in [0.3, 0.4) is 0 Å². The monoisotopic (exact) mass is 314 g/mol. The van der Waals surface area contributed by atoms with E-state index in [0.717, 1.165) is 11.3 Å². The van der Waals surface area contributed by atoms with Crippen LogP contribution in [0.4, 0.5) is 11.5 Å². The number of rotatable bonds is 3. The molecule has 0 radical (unpaired) electrons. The average molecular weight is 315 g/mol. The second-order valence-electron chi connectivity index (χ2n) is 4.55. The SMILES string of the molecule is Cc1[nH]nc(NS(=O)(=O)c2cc(Cl)cc(N)c2C)c1C. The zero-order valence-electron chi connectivity index (χ0n) is 11.3. The maximum atomic E-state index is 12.4. The van der Waals surface area contributed by atoms with Gasteiger partial charge in [0, 0.05) is 22.0 Å². The van der Waals surface area contributed by atoms with E-state index in [1.165, 1.54) is 12.1 Å². The second kappa shape index (κ2) is 4.99. The molecule has 0 unspecified atom stereocenters. The van der Waals surface area contributed by atoms with E-state index in [1.54, 1.807) is 13.8 Å². The molecule has 2 aromatic rings. The van der Waals surface area contributed by atoms with Crippen LogP contribution in [0.15, 0.2) is 17.0 Å². The molecule has 1 heterocycles. The highest BCUT2D eigenvalue weighted by molar-refractivity contribution is 7.92. The molecule has 108 valence electrons. The first-order chi connectivity index (χ1) is 9.22. The molecule has 0 fully saturated rings. The van der Waals surface area contributed by atoms with Crippen LogP contribution in [0.1, 0.15) is 16.8 Å². The summed E-state index contributed by atoms with van der Waals surface area (Å²) < 4.78 is 27.3. The molecule has 1 aromatic heterocycles. The van der Waals surface area contributed by atoms with Crippen molar-refractivity contribution in [3.05, 3.63) is 34.0 Å². The van der Waals surface area contributed by atoms with E-state index < -0.39 is 10.0 Å². The summed E-state index contributed by atoms with van der Waals surface area (Å²) in [6, 6.07) is 2.88. The van der Waals surface area contributed by atoms with Crippen molar-refractivity contribution < 1.29 is 8.42 Å². The number of aromatic amines is 1. The fraction of sp³-hybridized carbons (Fsp3) is 0.250. The number of anilines is 2. The van der Waals surface area contributed by atoms with Crippen molar-refractivity contribution in [1.29, 1.82) is 0 Å². The number of aryl methyl sites for hydroxylation is 1. The Kier molecular flexibility index (Phi) is 3.66. The van der Waals surface area contributed by atoms with E-state index in [9.17, 15) is 8.42 Å². The molecule has 0 aliphatic rings. The molecule has 20 heavy (non-hydrogen) atoms. The van der Waals surface area contributed by atoms with Gasteiger partial charge in [0.2, 0.25) is 0 Å². The molecule has 0 saturated heterocycles. The maximum Gasteiger partial charge on any atom is 0.263 e. The molecule has 0 atom stereocenters. The molecule has 0 aliphatic heterocycles. The minimum Gasteiger partial charge on any atom is -0.398 e. The lowest BCUT2D eigenvalue weighted by Gasteiger charge is -2.11. The predicted molar refractivity (Wildman–Crippen MR) is 79.5 cm³/mol. The molecule has 0 amide bonds. The van der Waals surface area contributed by atoms with Gasteiger partial charge in [0.25, 0.3) is 10.0 Å². The Bertz CT molecular complexity index is 768. The Hall–Kier alpha value is -1.73. The molecule has 4 N–H and O–H groups in total. The number of nitrogens with zero attached hydrogens (tertiary/aromatic N) is 1. The van der Waals surface area contributed by atoms with Gasteiger partial charge in [-0.2, -0.15) is 5.10 Å². The number of hydrogen-bond donors (Lipinski definition) is 3. The first-order valence-corrected chi connectivity index (χ1v) is 7.68. The maximum absolute atomic E-state index is 12.4. The van der Waals surface area contributed by atoms with Gasteiger partial charge in [-0.3, -0.25) is 9.82 Å². The van der Waals surface area contributed by atoms with Crippen molar-refractivity contribution >= 4 is 33.1 Å². The highest BCUT2D eigenvalue weighted by Crippen LogP contribution is 2.28. The van der Waals surface area contributed by atoms with Crippen molar-refractivity contribution in [3.63, 3.8) is 0 Å². The van der Waals surface area contributed by atoms with Gasteiger partial charge in [0.15, 0.2) is 5.82 Å². The van der Waals surface area contributed by atoms with Gasteiger partial charge in [-0.1, -0.05) is 11.6 Å². The highest BCUT2D eigenvalue weighted by Gasteiger charge is 2.21. The van der Waals surface area contributed by atoms with Crippen molar-refractivity contribution in [1.82, 2.24) is 10.2 Å². The van der Waals surface area contributed by atoms with Crippen LogP contribution in [0.5, 0.6) is 0 Å². The summed E-state index contributed by atoms with van der Waals surface area (Å²) >= 11 is 5.87. The molecular formula is C12H15ClN4O2S. The van der Waals surface area contributed by atoms with Crippen LogP contribution in [0, 0.1) is 20.8 Å². The topological polar surface area (TPSA) is 101 Å². The normalized spacial score (nSPS) is 11.6. The van der Waals surface area contributed by atoms with E-state index in [0.29, 0.717) is 11.3 Å². The lowest BCUT2D eigenvalue weighted by Crippen LogP contribution is -2.16. The summed E-state index contributed by atoms with van der Waals surface area (Å²) in [5, 5.41) is 6.91. The Morgan fingerprint density at radius 3 is 2.45 bits per heavy atom. The number of aromatic nitrogens is 2. The van der Waals surface area contributed by atoms with Crippen LogP contribution in [-0.2, 0) is 10.0 Å². The smallest absolute Gasteiger partial charge is 0.263 e. The number of halogens is 1. The minimum absolute atomic E-state index is 0.0440. The largest absolute Gasteiger partial charge is 0.398 e. The third-order valence-corrected chi connectivity index (χ3v) is 4.82. The molecule has 6 nitrogen and oxygen atoms in total. The lowest BCUT2D eigenvalue weighted by molar-refractivity contribution is 0.600. The van der Waals surface area contributed by atoms with Crippen LogP contribution in [0.25, 0.3) is 0 Å². The van der Waals surface area contributed by atoms with Crippen LogP contribution < -0.4 is 10.5 Å². The van der Waals surface area contributed by atoms with Crippen LogP contribution in [-0.4, -0.2) is 18.6 Å². The highest BCUT2D eigenvalue weighted by atomic mass is 35.5. The summed E-state index contributed by atoms with van der Waals surface area (Å²) in [7, 11) is -3.80. The molecule has 0 bridgehead atoms. The van der Waals surface area contributed by atoms with Gasteiger partial charge in [-0.15, -0.1) is 0 Å². The van der Waals surface area contributed by atoms with E-state index in [1.807, 2.05) is 6.92 Å². The molecular weight excluding hydrogens is 300 g/mol. The molecule has 0 spiro atoms. The number of benzene rings is 1. The molecule has 0 saturated carbocycles. The van der Waals surface area contributed by atoms with Crippen molar-refractivity contribution in [3.8, 4) is 0 Å². The van der Waals surface area contributed by atoms with Crippen LogP contribution in [0.2, 0.25) is 5.02 Å². The number of hydrogen-bond acceptors (Lipinski definition) is 4. The number of nitrogen functional groups attached to an aromatic ring is 1. The fourth-order valence-corrected chi connectivity index (χ4v) is 3.38. The van der Waals surface area contributed by atoms with Gasteiger partial charge in [-0.05, 0) is 38.5 Å².